The summed E-state index contributed by atoms with van der Waals surface area (Å²) in [7, 11) is 1.43. The van der Waals surface area contributed by atoms with Crippen LogP contribution >= 0.6 is 11.3 Å². The van der Waals surface area contributed by atoms with Crippen LogP contribution in [0.5, 0.6) is 0 Å². The maximum absolute atomic E-state index is 12.6. The number of rotatable bonds is 9. The van der Waals surface area contributed by atoms with Gasteiger partial charge in [-0.3, -0.25) is 9.59 Å². The van der Waals surface area contributed by atoms with Crippen molar-refractivity contribution in [2.24, 2.45) is 0 Å². The number of anilines is 1. The SMILES string of the molecule is CCCN(CCC(=O)Nc1nnc(-c2ccc(C(F)(F)F)cc2)s1)C(=O)COC. The Morgan fingerprint density at radius 1 is 1.17 bits per heavy atom. The summed E-state index contributed by atoms with van der Waals surface area (Å²) in [6, 6.07) is 4.54. The fourth-order valence-electron chi connectivity index (χ4n) is 2.46. The second kappa shape index (κ2) is 10.3. The number of benzene rings is 1. The molecule has 2 amide bonds. The first-order chi connectivity index (χ1) is 13.7. The highest BCUT2D eigenvalue weighted by Crippen LogP contribution is 2.32. The highest BCUT2D eigenvalue weighted by molar-refractivity contribution is 7.18. The molecule has 11 heteroatoms. The van der Waals surface area contributed by atoms with Crippen LogP contribution in [0.4, 0.5) is 18.3 Å². The molecule has 0 unspecified atom stereocenters. The third kappa shape index (κ3) is 6.79. The van der Waals surface area contributed by atoms with E-state index in [2.05, 4.69) is 15.5 Å². The van der Waals surface area contributed by atoms with Gasteiger partial charge in [-0.1, -0.05) is 30.4 Å². The second-order valence-electron chi connectivity index (χ2n) is 6.10. The molecular formula is C18H21F3N4O3S. The first kappa shape index (κ1) is 22.8. The number of hydrogen-bond donors (Lipinski definition) is 1. The van der Waals surface area contributed by atoms with Crippen LogP contribution in [0.2, 0.25) is 0 Å². The van der Waals surface area contributed by atoms with Gasteiger partial charge in [-0.2, -0.15) is 13.2 Å². The van der Waals surface area contributed by atoms with Gasteiger partial charge in [0.05, 0.1) is 5.56 Å². The average molecular weight is 430 g/mol. The Hall–Kier alpha value is -2.53. The van der Waals surface area contributed by atoms with Crippen molar-refractivity contribution in [2.45, 2.75) is 25.9 Å². The molecule has 0 aliphatic heterocycles. The zero-order chi connectivity index (χ0) is 21.4. The van der Waals surface area contributed by atoms with Crippen LogP contribution in [0.25, 0.3) is 10.6 Å². The van der Waals surface area contributed by atoms with Gasteiger partial charge in [-0.15, -0.1) is 10.2 Å². The number of carbonyl (C=O) groups excluding carboxylic acids is 2. The van der Waals surface area contributed by atoms with Crippen LogP contribution in [-0.2, 0) is 20.5 Å². The van der Waals surface area contributed by atoms with Crippen molar-refractivity contribution < 1.29 is 27.5 Å². The number of ether oxygens (including phenoxy) is 1. The molecule has 2 rings (SSSR count). The Morgan fingerprint density at radius 2 is 1.86 bits per heavy atom. The van der Waals surface area contributed by atoms with Gasteiger partial charge in [-0.05, 0) is 18.6 Å². The minimum Gasteiger partial charge on any atom is -0.375 e. The van der Waals surface area contributed by atoms with Gasteiger partial charge in [0.2, 0.25) is 16.9 Å². The number of nitrogens with one attached hydrogen (secondary N) is 1. The number of alkyl halides is 3. The van der Waals surface area contributed by atoms with Crippen molar-refractivity contribution >= 4 is 28.3 Å². The van der Waals surface area contributed by atoms with Gasteiger partial charge in [0, 0.05) is 32.2 Å². The molecule has 0 fully saturated rings. The van der Waals surface area contributed by atoms with Crippen molar-refractivity contribution in [3.8, 4) is 10.6 Å². The van der Waals surface area contributed by atoms with Gasteiger partial charge >= 0.3 is 6.18 Å². The van der Waals surface area contributed by atoms with E-state index in [1.807, 2.05) is 6.92 Å². The van der Waals surface area contributed by atoms with Crippen LogP contribution in [0, 0.1) is 0 Å². The number of amides is 2. The fraction of sp³-hybridized carbons (Fsp3) is 0.444. The summed E-state index contributed by atoms with van der Waals surface area (Å²) in [6.45, 7) is 2.64. The molecule has 7 nitrogen and oxygen atoms in total. The van der Waals surface area contributed by atoms with E-state index in [4.69, 9.17) is 4.74 Å². The first-order valence-electron chi connectivity index (χ1n) is 8.82. The van der Waals surface area contributed by atoms with E-state index in [9.17, 15) is 22.8 Å². The fourth-order valence-corrected chi connectivity index (χ4v) is 3.22. The lowest BCUT2D eigenvalue weighted by molar-refractivity contribution is -0.137. The monoisotopic (exact) mass is 430 g/mol. The van der Waals surface area contributed by atoms with E-state index in [0.29, 0.717) is 17.1 Å². The van der Waals surface area contributed by atoms with Crippen molar-refractivity contribution in [1.29, 1.82) is 0 Å². The minimum absolute atomic E-state index is 0.0471. The van der Waals surface area contributed by atoms with Gasteiger partial charge in [-0.25, -0.2) is 0 Å². The molecule has 0 saturated heterocycles. The largest absolute Gasteiger partial charge is 0.416 e. The summed E-state index contributed by atoms with van der Waals surface area (Å²) in [5.41, 5.74) is -0.283. The Balaban J connectivity index is 1.93. The van der Waals surface area contributed by atoms with Crippen LogP contribution in [0.3, 0.4) is 0 Å². The number of halogens is 3. The normalized spacial score (nSPS) is 11.3. The smallest absolute Gasteiger partial charge is 0.375 e. The molecule has 0 aliphatic rings. The number of methoxy groups -OCH3 is 1. The third-order valence-electron chi connectivity index (χ3n) is 3.85. The number of aromatic nitrogens is 2. The maximum Gasteiger partial charge on any atom is 0.416 e. The summed E-state index contributed by atoms with van der Waals surface area (Å²) < 4.78 is 42.7. The van der Waals surface area contributed by atoms with Crippen molar-refractivity contribution in [1.82, 2.24) is 15.1 Å². The molecule has 2 aromatic rings. The lowest BCUT2D eigenvalue weighted by Crippen LogP contribution is -2.36. The lowest BCUT2D eigenvalue weighted by Gasteiger charge is -2.21. The topological polar surface area (TPSA) is 84.4 Å². The number of nitrogens with zero attached hydrogens (tertiary/aromatic N) is 3. The quantitative estimate of drug-likeness (QED) is 0.659. The molecule has 158 valence electrons. The zero-order valence-corrected chi connectivity index (χ0v) is 16.8. The highest BCUT2D eigenvalue weighted by Gasteiger charge is 2.30. The summed E-state index contributed by atoms with van der Waals surface area (Å²) in [4.78, 5) is 25.6. The molecule has 1 N–H and O–H groups in total. The maximum atomic E-state index is 12.6. The molecule has 0 spiro atoms. The van der Waals surface area contributed by atoms with Gasteiger partial charge < -0.3 is 15.0 Å². The summed E-state index contributed by atoms with van der Waals surface area (Å²) in [5, 5.41) is 11.0. The molecule has 29 heavy (non-hydrogen) atoms. The van der Waals surface area contributed by atoms with Gasteiger partial charge in [0.15, 0.2) is 0 Å². The molecule has 0 bridgehead atoms. The van der Waals surface area contributed by atoms with E-state index in [-0.39, 0.29) is 36.5 Å². The van der Waals surface area contributed by atoms with Crippen LogP contribution in [-0.4, -0.2) is 53.7 Å². The standard InChI is InChI=1S/C18H21F3N4O3S/c1-3-9-25(15(27)11-28-2)10-8-14(26)22-17-24-23-16(29-17)12-4-6-13(7-5-12)18(19,20)21/h4-7H,3,8-11H2,1-2H3,(H,22,24,26). The summed E-state index contributed by atoms with van der Waals surface area (Å²) in [6.07, 6.45) is -3.58. The second-order valence-corrected chi connectivity index (χ2v) is 7.08. The third-order valence-corrected chi connectivity index (χ3v) is 4.74. The summed E-state index contributed by atoms with van der Waals surface area (Å²) in [5.74, 6) is -0.533. The molecule has 0 aliphatic carbocycles. The molecule has 1 heterocycles. The summed E-state index contributed by atoms with van der Waals surface area (Å²) >= 11 is 1.05. The Labute approximate surface area is 169 Å². The average Bonchev–Trinajstić information content (AvgIpc) is 3.13. The predicted octanol–water partition coefficient (Wildman–Crippen LogP) is 3.44. The molecule has 0 radical (unpaired) electrons. The zero-order valence-electron chi connectivity index (χ0n) is 16.0. The molecule has 1 aromatic heterocycles. The molecule has 0 atom stereocenters. The Morgan fingerprint density at radius 3 is 2.45 bits per heavy atom. The highest BCUT2D eigenvalue weighted by atomic mass is 32.1. The first-order valence-corrected chi connectivity index (χ1v) is 9.64. The van der Waals surface area contributed by atoms with Crippen molar-refractivity contribution in [2.75, 3.05) is 32.1 Å². The van der Waals surface area contributed by atoms with Crippen LogP contribution in [0.15, 0.2) is 24.3 Å². The van der Waals surface area contributed by atoms with E-state index >= 15 is 0 Å². The van der Waals surface area contributed by atoms with Crippen LogP contribution < -0.4 is 5.32 Å². The van der Waals surface area contributed by atoms with E-state index in [1.165, 1.54) is 19.2 Å². The predicted molar refractivity (Wildman–Crippen MR) is 102 cm³/mol. The molecule has 0 saturated carbocycles. The lowest BCUT2D eigenvalue weighted by atomic mass is 10.1. The Kier molecular flexibility index (Phi) is 8.09. The van der Waals surface area contributed by atoms with Crippen molar-refractivity contribution in [3.63, 3.8) is 0 Å². The van der Waals surface area contributed by atoms with Crippen LogP contribution in [0.1, 0.15) is 25.3 Å². The Bertz CT molecular complexity index is 825. The van der Waals surface area contributed by atoms with E-state index in [0.717, 1.165) is 29.9 Å². The minimum atomic E-state index is -4.41. The molecule has 1 aromatic carbocycles. The van der Waals surface area contributed by atoms with E-state index in [1.54, 1.807) is 4.90 Å². The van der Waals surface area contributed by atoms with E-state index < -0.39 is 11.7 Å². The van der Waals surface area contributed by atoms with Gasteiger partial charge in [0.25, 0.3) is 0 Å². The van der Waals surface area contributed by atoms with Gasteiger partial charge in [0.1, 0.15) is 11.6 Å². The van der Waals surface area contributed by atoms with Crippen molar-refractivity contribution in [3.05, 3.63) is 29.8 Å². The number of carbonyl (C=O) groups is 2. The number of hydrogen-bond acceptors (Lipinski definition) is 6. The molecular weight excluding hydrogens is 409 g/mol.